The van der Waals surface area contributed by atoms with Crippen LogP contribution in [0.1, 0.15) is 31.4 Å². The van der Waals surface area contributed by atoms with Gasteiger partial charge in [-0.15, -0.1) is 0 Å². The fourth-order valence-electron chi connectivity index (χ4n) is 2.53. The third kappa shape index (κ3) is 3.10. The minimum atomic E-state index is -0.222. The number of aryl methyl sites for hydroxylation is 1. The number of rotatable bonds is 4. The Hall–Kier alpha value is -1.35. The van der Waals surface area contributed by atoms with Gasteiger partial charge in [-0.1, -0.05) is 24.3 Å². The van der Waals surface area contributed by atoms with Crippen molar-refractivity contribution in [3.05, 3.63) is 35.4 Å². The molecule has 0 aromatic heterocycles. The van der Waals surface area contributed by atoms with Crippen LogP contribution in [-0.2, 0) is 22.4 Å². The lowest BCUT2D eigenvalue weighted by Gasteiger charge is -2.27. The lowest BCUT2D eigenvalue weighted by atomic mass is 9.88. The molecule has 0 bridgehead atoms. The molecular formula is C15H21NO2. The fraction of sp³-hybridized carbons (Fsp3) is 0.533. The van der Waals surface area contributed by atoms with Crippen molar-refractivity contribution in [1.82, 2.24) is 5.32 Å². The van der Waals surface area contributed by atoms with Crippen LogP contribution in [0.2, 0.25) is 0 Å². The van der Waals surface area contributed by atoms with Gasteiger partial charge in [-0.2, -0.15) is 0 Å². The van der Waals surface area contributed by atoms with Crippen LogP contribution in [0.3, 0.4) is 0 Å². The maximum absolute atomic E-state index is 11.6. The number of carbonyl (C=O) groups is 1. The number of hydrogen-bond acceptors (Lipinski definition) is 3. The van der Waals surface area contributed by atoms with Gasteiger partial charge in [0.25, 0.3) is 0 Å². The molecule has 18 heavy (non-hydrogen) atoms. The average molecular weight is 247 g/mol. The van der Waals surface area contributed by atoms with E-state index in [4.69, 9.17) is 4.74 Å². The van der Waals surface area contributed by atoms with Crippen molar-refractivity contribution in [2.75, 3.05) is 6.61 Å². The Morgan fingerprint density at radius 2 is 2.17 bits per heavy atom. The van der Waals surface area contributed by atoms with Crippen molar-refractivity contribution in [2.45, 2.75) is 45.2 Å². The van der Waals surface area contributed by atoms with E-state index < -0.39 is 0 Å². The SMILES string of the molecule is CCOC(=O)C(C)NC1CCc2ccccc2C1. The molecule has 1 aromatic carbocycles. The number of nitrogens with one attached hydrogen (secondary N) is 1. The van der Waals surface area contributed by atoms with Crippen molar-refractivity contribution < 1.29 is 9.53 Å². The zero-order valence-electron chi connectivity index (χ0n) is 11.1. The van der Waals surface area contributed by atoms with E-state index in [1.54, 1.807) is 0 Å². The van der Waals surface area contributed by atoms with Gasteiger partial charge in [-0.25, -0.2) is 0 Å². The molecule has 98 valence electrons. The van der Waals surface area contributed by atoms with Gasteiger partial charge in [0.05, 0.1) is 6.61 Å². The summed E-state index contributed by atoms with van der Waals surface area (Å²) in [5.41, 5.74) is 2.84. The van der Waals surface area contributed by atoms with Crippen molar-refractivity contribution in [1.29, 1.82) is 0 Å². The highest BCUT2D eigenvalue weighted by Crippen LogP contribution is 2.21. The standard InChI is InChI=1S/C15H21NO2/c1-3-18-15(17)11(2)16-14-9-8-12-6-4-5-7-13(12)10-14/h4-7,11,14,16H,3,8-10H2,1-2H3. The second-order valence-corrected chi connectivity index (χ2v) is 4.85. The number of fused-ring (bicyclic) bond motifs is 1. The summed E-state index contributed by atoms with van der Waals surface area (Å²) in [6.07, 6.45) is 3.17. The van der Waals surface area contributed by atoms with Crippen LogP contribution >= 0.6 is 0 Å². The third-order valence-corrected chi connectivity index (χ3v) is 3.47. The van der Waals surface area contributed by atoms with E-state index in [0.717, 1.165) is 19.3 Å². The second kappa shape index (κ2) is 6.01. The Labute approximate surface area is 109 Å². The number of carbonyl (C=O) groups excluding carboxylic acids is 1. The highest BCUT2D eigenvalue weighted by molar-refractivity contribution is 5.75. The van der Waals surface area contributed by atoms with E-state index in [1.807, 2.05) is 13.8 Å². The molecule has 0 radical (unpaired) electrons. The Kier molecular flexibility index (Phi) is 4.37. The van der Waals surface area contributed by atoms with Crippen molar-refractivity contribution in [2.24, 2.45) is 0 Å². The largest absolute Gasteiger partial charge is 0.465 e. The molecule has 1 aliphatic rings. The Balaban J connectivity index is 1.91. The topological polar surface area (TPSA) is 38.3 Å². The van der Waals surface area contributed by atoms with Gasteiger partial charge in [0.15, 0.2) is 0 Å². The summed E-state index contributed by atoms with van der Waals surface area (Å²) < 4.78 is 5.01. The summed E-state index contributed by atoms with van der Waals surface area (Å²) >= 11 is 0. The van der Waals surface area contributed by atoms with Gasteiger partial charge in [0.2, 0.25) is 0 Å². The smallest absolute Gasteiger partial charge is 0.322 e. The molecule has 0 amide bonds. The monoisotopic (exact) mass is 247 g/mol. The van der Waals surface area contributed by atoms with Gasteiger partial charge < -0.3 is 10.1 Å². The molecular weight excluding hydrogens is 226 g/mol. The molecule has 2 unspecified atom stereocenters. The first-order valence-electron chi connectivity index (χ1n) is 6.70. The molecule has 2 rings (SSSR count). The summed E-state index contributed by atoms with van der Waals surface area (Å²) in [6.45, 7) is 4.15. The third-order valence-electron chi connectivity index (χ3n) is 3.47. The van der Waals surface area contributed by atoms with E-state index in [0.29, 0.717) is 12.6 Å². The van der Waals surface area contributed by atoms with Gasteiger partial charge in [-0.05, 0) is 44.2 Å². The predicted molar refractivity (Wildman–Crippen MR) is 71.5 cm³/mol. The van der Waals surface area contributed by atoms with Gasteiger partial charge in [0, 0.05) is 6.04 Å². The van der Waals surface area contributed by atoms with Crippen LogP contribution in [0.15, 0.2) is 24.3 Å². The molecule has 0 aliphatic heterocycles. The fourth-order valence-corrected chi connectivity index (χ4v) is 2.53. The van der Waals surface area contributed by atoms with E-state index in [9.17, 15) is 4.79 Å². The number of hydrogen-bond donors (Lipinski definition) is 1. The molecule has 0 fully saturated rings. The predicted octanol–water partition coefficient (Wildman–Crippen LogP) is 2.09. The lowest BCUT2D eigenvalue weighted by molar-refractivity contribution is -0.145. The summed E-state index contributed by atoms with van der Waals surface area (Å²) in [5, 5.41) is 3.37. The van der Waals surface area contributed by atoms with E-state index in [1.165, 1.54) is 11.1 Å². The van der Waals surface area contributed by atoms with E-state index in [2.05, 4.69) is 29.6 Å². The Morgan fingerprint density at radius 3 is 2.89 bits per heavy atom. The first-order valence-corrected chi connectivity index (χ1v) is 6.70. The molecule has 0 saturated carbocycles. The maximum atomic E-state index is 11.6. The number of benzene rings is 1. The van der Waals surface area contributed by atoms with Crippen LogP contribution in [-0.4, -0.2) is 24.7 Å². The van der Waals surface area contributed by atoms with Gasteiger partial charge in [-0.3, -0.25) is 4.79 Å². The van der Waals surface area contributed by atoms with Crippen molar-refractivity contribution >= 4 is 5.97 Å². The summed E-state index contributed by atoms with van der Waals surface area (Å²) in [5.74, 6) is -0.156. The molecule has 3 heteroatoms. The summed E-state index contributed by atoms with van der Waals surface area (Å²) in [6, 6.07) is 8.70. The van der Waals surface area contributed by atoms with Gasteiger partial charge in [0.1, 0.15) is 6.04 Å². The van der Waals surface area contributed by atoms with E-state index in [-0.39, 0.29) is 12.0 Å². The first kappa shape index (κ1) is 13.1. The molecule has 0 heterocycles. The lowest BCUT2D eigenvalue weighted by Crippen LogP contribution is -2.44. The molecule has 1 aliphatic carbocycles. The zero-order chi connectivity index (χ0) is 13.0. The molecule has 0 saturated heterocycles. The van der Waals surface area contributed by atoms with Crippen molar-refractivity contribution in [3.8, 4) is 0 Å². The number of ether oxygens (including phenoxy) is 1. The van der Waals surface area contributed by atoms with Crippen molar-refractivity contribution in [3.63, 3.8) is 0 Å². The molecule has 1 aromatic rings. The highest BCUT2D eigenvalue weighted by atomic mass is 16.5. The normalized spacial score (nSPS) is 20.0. The van der Waals surface area contributed by atoms with Crippen LogP contribution < -0.4 is 5.32 Å². The summed E-state index contributed by atoms with van der Waals surface area (Å²) in [7, 11) is 0. The first-order chi connectivity index (χ1) is 8.70. The molecule has 2 atom stereocenters. The minimum Gasteiger partial charge on any atom is -0.465 e. The quantitative estimate of drug-likeness (QED) is 0.828. The average Bonchev–Trinajstić information content (AvgIpc) is 2.39. The zero-order valence-corrected chi connectivity index (χ0v) is 11.1. The molecule has 3 nitrogen and oxygen atoms in total. The Morgan fingerprint density at radius 1 is 1.44 bits per heavy atom. The molecule has 0 spiro atoms. The minimum absolute atomic E-state index is 0.156. The maximum Gasteiger partial charge on any atom is 0.322 e. The van der Waals surface area contributed by atoms with Crippen LogP contribution in [0.4, 0.5) is 0 Å². The second-order valence-electron chi connectivity index (χ2n) is 4.85. The van der Waals surface area contributed by atoms with E-state index >= 15 is 0 Å². The van der Waals surface area contributed by atoms with Crippen LogP contribution in [0, 0.1) is 0 Å². The van der Waals surface area contributed by atoms with Gasteiger partial charge >= 0.3 is 5.97 Å². The van der Waals surface area contributed by atoms with Crippen LogP contribution in [0.25, 0.3) is 0 Å². The summed E-state index contributed by atoms with van der Waals surface area (Å²) in [4.78, 5) is 11.6. The number of esters is 1. The highest BCUT2D eigenvalue weighted by Gasteiger charge is 2.22. The Bertz CT molecular complexity index is 417. The molecule has 1 N–H and O–H groups in total. The van der Waals surface area contributed by atoms with Crippen LogP contribution in [0.5, 0.6) is 0 Å².